The summed E-state index contributed by atoms with van der Waals surface area (Å²) in [5, 5.41) is 9.42. The van der Waals surface area contributed by atoms with Gasteiger partial charge in [0.1, 0.15) is 25.8 Å². The monoisotopic (exact) mass is 206 g/mol. The molecule has 0 spiro atoms. The molecule has 0 heterocycles. The second-order valence-corrected chi connectivity index (χ2v) is 2.62. The van der Waals surface area contributed by atoms with Gasteiger partial charge in [0, 0.05) is 14.2 Å². The maximum absolute atomic E-state index is 9.42. The van der Waals surface area contributed by atoms with Crippen molar-refractivity contribution in [2.45, 2.75) is 12.2 Å². The average molecular weight is 206 g/mol. The molecule has 84 valence electrons. The Morgan fingerprint density at radius 3 is 2.43 bits per heavy atom. The van der Waals surface area contributed by atoms with Crippen LogP contribution in [0, 0.1) is 0 Å². The second kappa shape index (κ2) is 9.11. The topological polar surface area (TPSA) is 57.2 Å². The highest BCUT2D eigenvalue weighted by atomic mass is 16.7. The SMILES string of the molecule is C=C[C@@H](O)[C@@H](COCOC)OCOC. The van der Waals surface area contributed by atoms with Crippen LogP contribution in [0.15, 0.2) is 12.7 Å². The fourth-order valence-corrected chi connectivity index (χ4v) is 0.800. The van der Waals surface area contributed by atoms with Crippen molar-refractivity contribution in [3.05, 3.63) is 12.7 Å². The first-order valence-electron chi connectivity index (χ1n) is 4.24. The summed E-state index contributed by atoms with van der Waals surface area (Å²) in [4.78, 5) is 0. The van der Waals surface area contributed by atoms with E-state index in [-0.39, 0.29) is 20.2 Å². The summed E-state index contributed by atoms with van der Waals surface area (Å²) >= 11 is 0. The van der Waals surface area contributed by atoms with E-state index in [1.165, 1.54) is 20.3 Å². The van der Waals surface area contributed by atoms with Crippen LogP contribution in [-0.4, -0.2) is 51.7 Å². The molecule has 0 aromatic heterocycles. The van der Waals surface area contributed by atoms with Crippen LogP contribution in [-0.2, 0) is 18.9 Å². The molecule has 0 aliphatic rings. The Bertz CT molecular complexity index is 139. The van der Waals surface area contributed by atoms with Gasteiger partial charge < -0.3 is 24.1 Å². The number of hydrogen-bond donors (Lipinski definition) is 1. The molecule has 5 nitrogen and oxygen atoms in total. The Hall–Kier alpha value is -0.460. The lowest BCUT2D eigenvalue weighted by molar-refractivity contribution is -0.143. The van der Waals surface area contributed by atoms with Gasteiger partial charge in [0.05, 0.1) is 6.61 Å². The first-order valence-corrected chi connectivity index (χ1v) is 4.24. The van der Waals surface area contributed by atoms with Gasteiger partial charge in [-0.3, -0.25) is 0 Å². The molecule has 14 heavy (non-hydrogen) atoms. The number of aliphatic hydroxyl groups excluding tert-OH is 1. The van der Waals surface area contributed by atoms with Crippen LogP contribution in [0.1, 0.15) is 0 Å². The molecule has 5 heteroatoms. The summed E-state index contributed by atoms with van der Waals surface area (Å²) in [6.07, 6.45) is 0.126. The third-order valence-electron chi connectivity index (χ3n) is 1.51. The summed E-state index contributed by atoms with van der Waals surface area (Å²) in [5.41, 5.74) is 0. The average Bonchev–Trinajstić information content (AvgIpc) is 2.22. The second-order valence-electron chi connectivity index (χ2n) is 2.62. The van der Waals surface area contributed by atoms with Gasteiger partial charge in [-0.1, -0.05) is 6.08 Å². The molecule has 0 aliphatic carbocycles. The van der Waals surface area contributed by atoms with Crippen molar-refractivity contribution in [2.75, 3.05) is 34.4 Å². The van der Waals surface area contributed by atoms with Gasteiger partial charge in [0.2, 0.25) is 0 Å². The molecular weight excluding hydrogens is 188 g/mol. The van der Waals surface area contributed by atoms with Crippen molar-refractivity contribution in [3.8, 4) is 0 Å². The summed E-state index contributed by atoms with van der Waals surface area (Å²) in [6.45, 7) is 3.95. The Morgan fingerprint density at radius 1 is 1.29 bits per heavy atom. The zero-order valence-corrected chi connectivity index (χ0v) is 8.64. The highest BCUT2D eigenvalue weighted by molar-refractivity contribution is 4.85. The summed E-state index contributed by atoms with van der Waals surface area (Å²) in [7, 11) is 3.03. The Labute approximate surface area is 84.2 Å². The van der Waals surface area contributed by atoms with Gasteiger partial charge in [-0.15, -0.1) is 6.58 Å². The first-order chi connectivity index (χ1) is 6.76. The van der Waals surface area contributed by atoms with E-state index in [4.69, 9.17) is 18.9 Å². The molecule has 2 atom stereocenters. The maximum Gasteiger partial charge on any atom is 0.146 e. The summed E-state index contributed by atoms with van der Waals surface area (Å²) in [6, 6.07) is 0. The number of hydrogen-bond acceptors (Lipinski definition) is 5. The molecule has 0 saturated carbocycles. The lowest BCUT2D eigenvalue weighted by atomic mass is 10.2. The molecule has 0 fully saturated rings. The van der Waals surface area contributed by atoms with E-state index < -0.39 is 12.2 Å². The molecule has 0 rings (SSSR count). The van der Waals surface area contributed by atoms with E-state index in [1.54, 1.807) is 0 Å². The van der Waals surface area contributed by atoms with Gasteiger partial charge in [0.25, 0.3) is 0 Å². The molecule has 0 bridgehead atoms. The lowest BCUT2D eigenvalue weighted by Crippen LogP contribution is -2.33. The van der Waals surface area contributed by atoms with E-state index in [0.717, 1.165) is 0 Å². The molecule has 0 unspecified atom stereocenters. The normalized spacial score (nSPS) is 15.1. The van der Waals surface area contributed by atoms with E-state index in [2.05, 4.69) is 6.58 Å². The largest absolute Gasteiger partial charge is 0.386 e. The van der Waals surface area contributed by atoms with Crippen LogP contribution in [0.3, 0.4) is 0 Å². The van der Waals surface area contributed by atoms with E-state index >= 15 is 0 Å². The summed E-state index contributed by atoms with van der Waals surface area (Å²) < 4.78 is 19.6. The zero-order valence-electron chi connectivity index (χ0n) is 8.64. The standard InChI is InChI=1S/C9H18O5/c1-4-8(10)9(14-7-12-3)5-13-6-11-2/h4,8-10H,1,5-7H2,2-3H3/t8-,9-/m1/s1. The van der Waals surface area contributed by atoms with Gasteiger partial charge in [-0.25, -0.2) is 0 Å². The van der Waals surface area contributed by atoms with E-state index in [9.17, 15) is 5.11 Å². The third-order valence-corrected chi connectivity index (χ3v) is 1.51. The van der Waals surface area contributed by atoms with Crippen molar-refractivity contribution in [2.24, 2.45) is 0 Å². The molecule has 1 N–H and O–H groups in total. The van der Waals surface area contributed by atoms with Crippen molar-refractivity contribution in [1.82, 2.24) is 0 Å². The van der Waals surface area contributed by atoms with E-state index in [0.29, 0.717) is 0 Å². The van der Waals surface area contributed by atoms with Gasteiger partial charge in [0.15, 0.2) is 0 Å². The fourth-order valence-electron chi connectivity index (χ4n) is 0.800. The van der Waals surface area contributed by atoms with Crippen LogP contribution in [0.4, 0.5) is 0 Å². The molecule has 0 aromatic rings. The molecule has 0 aliphatic heterocycles. The minimum Gasteiger partial charge on any atom is -0.386 e. The van der Waals surface area contributed by atoms with Crippen molar-refractivity contribution in [1.29, 1.82) is 0 Å². The quantitative estimate of drug-likeness (QED) is 0.330. The highest BCUT2D eigenvalue weighted by Crippen LogP contribution is 2.02. The van der Waals surface area contributed by atoms with Crippen molar-refractivity contribution >= 4 is 0 Å². The van der Waals surface area contributed by atoms with Crippen LogP contribution in [0.25, 0.3) is 0 Å². The predicted molar refractivity (Wildman–Crippen MR) is 50.8 cm³/mol. The number of methoxy groups -OCH3 is 2. The number of ether oxygens (including phenoxy) is 4. The van der Waals surface area contributed by atoms with Gasteiger partial charge >= 0.3 is 0 Å². The lowest BCUT2D eigenvalue weighted by Gasteiger charge is -2.20. The van der Waals surface area contributed by atoms with Crippen molar-refractivity contribution < 1.29 is 24.1 Å². The number of rotatable bonds is 9. The fraction of sp³-hybridized carbons (Fsp3) is 0.778. The summed E-state index contributed by atoms with van der Waals surface area (Å²) in [5.74, 6) is 0. The van der Waals surface area contributed by atoms with E-state index in [1.807, 2.05) is 0 Å². The molecule has 0 saturated heterocycles. The maximum atomic E-state index is 9.42. The molecule has 0 radical (unpaired) electrons. The van der Waals surface area contributed by atoms with Crippen LogP contribution in [0.2, 0.25) is 0 Å². The van der Waals surface area contributed by atoms with Crippen LogP contribution in [0.5, 0.6) is 0 Å². The Balaban J connectivity index is 3.77. The molecular formula is C9H18O5. The predicted octanol–water partition coefficient (Wildman–Crippen LogP) is 0.143. The Morgan fingerprint density at radius 2 is 1.93 bits per heavy atom. The first kappa shape index (κ1) is 13.5. The van der Waals surface area contributed by atoms with Gasteiger partial charge in [-0.05, 0) is 0 Å². The Kier molecular flexibility index (Phi) is 8.81. The van der Waals surface area contributed by atoms with Crippen molar-refractivity contribution in [3.63, 3.8) is 0 Å². The highest BCUT2D eigenvalue weighted by Gasteiger charge is 2.17. The third kappa shape index (κ3) is 6.06. The zero-order chi connectivity index (χ0) is 10.8. The minimum absolute atomic E-state index is 0.103. The smallest absolute Gasteiger partial charge is 0.146 e. The number of aliphatic hydroxyl groups is 1. The molecule has 0 amide bonds. The van der Waals surface area contributed by atoms with Crippen LogP contribution >= 0.6 is 0 Å². The molecule has 0 aromatic carbocycles. The van der Waals surface area contributed by atoms with Gasteiger partial charge in [-0.2, -0.15) is 0 Å². The minimum atomic E-state index is -0.776. The van der Waals surface area contributed by atoms with Crippen LogP contribution < -0.4 is 0 Å².